The highest BCUT2D eigenvalue weighted by Gasteiger charge is 2.15. The van der Waals surface area contributed by atoms with Gasteiger partial charge < -0.3 is 9.47 Å². The van der Waals surface area contributed by atoms with E-state index in [1.165, 1.54) is 17.3 Å². The fourth-order valence-electron chi connectivity index (χ4n) is 2.41. The van der Waals surface area contributed by atoms with Crippen molar-refractivity contribution >= 4 is 23.6 Å². The summed E-state index contributed by atoms with van der Waals surface area (Å²) in [5, 5.41) is 0. The number of amides is 2. The van der Waals surface area contributed by atoms with E-state index in [0.29, 0.717) is 12.4 Å². The third-order valence-electron chi connectivity index (χ3n) is 3.83. The second-order valence-electron chi connectivity index (χ2n) is 6.26. The maximum atomic E-state index is 12.1. The van der Waals surface area contributed by atoms with Gasteiger partial charge in [-0.15, -0.1) is 11.8 Å². The Kier molecular flexibility index (Phi) is 8.19. The first kappa shape index (κ1) is 21.6. The van der Waals surface area contributed by atoms with Crippen LogP contribution in [0, 0.1) is 13.8 Å². The van der Waals surface area contributed by atoms with Crippen LogP contribution in [0.1, 0.15) is 25.0 Å². The Labute approximate surface area is 170 Å². The van der Waals surface area contributed by atoms with E-state index in [9.17, 15) is 9.59 Å². The standard InChI is InChI=1S/C21H26N2O4S/c1-5-26-17-7-9-18(10-8-17)27-16(4)21(25)23-22-20(24)13-28-19-11-6-14(2)12-15(19)3/h6-12,16H,5,13H2,1-4H3,(H,22,24)(H,23,25)/t16-/m1/s1. The van der Waals surface area contributed by atoms with Gasteiger partial charge in [0, 0.05) is 4.90 Å². The molecule has 0 aliphatic carbocycles. The Morgan fingerprint density at radius 1 is 1.04 bits per heavy atom. The summed E-state index contributed by atoms with van der Waals surface area (Å²) in [6.45, 7) is 8.14. The minimum atomic E-state index is -0.759. The van der Waals surface area contributed by atoms with Gasteiger partial charge in [-0.2, -0.15) is 0 Å². The molecule has 0 spiro atoms. The van der Waals surface area contributed by atoms with E-state index in [4.69, 9.17) is 9.47 Å². The summed E-state index contributed by atoms with van der Waals surface area (Å²) in [4.78, 5) is 25.1. The Morgan fingerprint density at radius 3 is 2.36 bits per heavy atom. The van der Waals surface area contributed by atoms with Crippen LogP contribution in [0.4, 0.5) is 0 Å². The molecule has 0 bridgehead atoms. The Hall–Kier alpha value is -2.67. The van der Waals surface area contributed by atoms with Crippen LogP contribution < -0.4 is 20.3 Å². The molecule has 2 aromatic carbocycles. The molecule has 7 heteroatoms. The van der Waals surface area contributed by atoms with E-state index in [0.717, 1.165) is 16.2 Å². The Morgan fingerprint density at radius 2 is 1.71 bits per heavy atom. The lowest BCUT2D eigenvalue weighted by molar-refractivity contribution is -0.131. The zero-order chi connectivity index (χ0) is 20.5. The number of benzene rings is 2. The monoisotopic (exact) mass is 402 g/mol. The van der Waals surface area contributed by atoms with Gasteiger partial charge in [0.1, 0.15) is 11.5 Å². The summed E-state index contributed by atoms with van der Waals surface area (Å²) in [6.07, 6.45) is -0.759. The first-order chi connectivity index (χ1) is 13.4. The van der Waals surface area contributed by atoms with Crippen LogP contribution in [0.25, 0.3) is 0 Å². The van der Waals surface area contributed by atoms with Gasteiger partial charge in [-0.1, -0.05) is 17.7 Å². The van der Waals surface area contributed by atoms with Crippen molar-refractivity contribution in [3.63, 3.8) is 0 Å². The van der Waals surface area contributed by atoms with Gasteiger partial charge >= 0.3 is 0 Å². The van der Waals surface area contributed by atoms with Gasteiger partial charge in [0.25, 0.3) is 5.91 Å². The molecule has 0 saturated carbocycles. The highest BCUT2D eigenvalue weighted by molar-refractivity contribution is 8.00. The molecule has 0 radical (unpaired) electrons. The van der Waals surface area contributed by atoms with Crippen molar-refractivity contribution in [1.82, 2.24) is 10.9 Å². The molecule has 150 valence electrons. The second-order valence-corrected chi connectivity index (χ2v) is 7.28. The van der Waals surface area contributed by atoms with Crippen LogP contribution >= 0.6 is 11.8 Å². The number of hydrogen-bond acceptors (Lipinski definition) is 5. The molecule has 0 aliphatic heterocycles. The van der Waals surface area contributed by atoms with Crippen molar-refractivity contribution in [2.45, 2.75) is 38.7 Å². The van der Waals surface area contributed by atoms with E-state index in [1.807, 2.05) is 32.9 Å². The molecule has 1 atom stereocenters. The van der Waals surface area contributed by atoms with E-state index < -0.39 is 12.0 Å². The van der Waals surface area contributed by atoms with E-state index in [-0.39, 0.29) is 11.7 Å². The SMILES string of the molecule is CCOc1ccc(O[C@H](C)C(=O)NNC(=O)CSc2ccc(C)cc2C)cc1. The first-order valence-corrected chi connectivity index (χ1v) is 10.1. The van der Waals surface area contributed by atoms with Crippen molar-refractivity contribution in [3.8, 4) is 11.5 Å². The van der Waals surface area contributed by atoms with Gasteiger partial charge in [-0.3, -0.25) is 20.4 Å². The molecule has 0 heterocycles. The molecular weight excluding hydrogens is 376 g/mol. The van der Waals surface area contributed by atoms with Crippen molar-refractivity contribution < 1.29 is 19.1 Å². The lowest BCUT2D eigenvalue weighted by Crippen LogP contribution is -2.47. The zero-order valence-electron chi connectivity index (χ0n) is 16.6. The second kappa shape index (κ2) is 10.6. The van der Waals surface area contributed by atoms with Gasteiger partial charge in [-0.05, 0) is 63.6 Å². The summed E-state index contributed by atoms with van der Waals surface area (Å²) in [5.74, 6) is 0.770. The molecule has 0 aliphatic rings. The van der Waals surface area contributed by atoms with Crippen LogP contribution in [0.5, 0.6) is 11.5 Å². The summed E-state index contributed by atoms with van der Waals surface area (Å²) < 4.78 is 10.9. The van der Waals surface area contributed by atoms with Crippen LogP contribution in [0.15, 0.2) is 47.4 Å². The van der Waals surface area contributed by atoms with Crippen LogP contribution in [0.3, 0.4) is 0 Å². The lowest BCUT2D eigenvalue weighted by Gasteiger charge is -2.15. The number of carbonyl (C=O) groups is 2. The Bertz CT molecular complexity index is 809. The normalized spacial score (nSPS) is 11.4. The highest BCUT2D eigenvalue weighted by atomic mass is 32.2. The van der Waals surface area contributed by atoms with Crippen LogP contribution in [0.2, 0.25) is 0 Å². The average molecular weight is 403 g/mol. The van der Waals surface area contributed by atoms with E-state index in [2.05, 4.69) is 16.9 Å². The summed E-state index contributed by atoms with van der Waals surface area (Å²) in [6, 6.07) is 13.1. The minimum absolute atomic E-state index is 0.207. The molecule has 28 heavy (non-hydrogen) atoms. The number of thioether (sulfide) groups is 1. The molecule has 0 aromatic heterocycles. The van der Waals surface area contributed by atoms with Crippen molar-refractivity contribution in [2.75, 3.05) is 12.4 Å². The molecule has 2 aromatic rings. The highest BCUT2D eigenvalue weighted by Crippen LogP contribution is 2.22. The number of hydrazine groups is 1. The number of ether oxygens (including phenoxy) is 2. The average Bonchev–Trinajstić information content (AvgIpc) is 2.67. The minimum Gasteiger partial charge on any atom is -0.494 e. The predicted molar refractivity (Wildman–Crippen MR) is 111 cm³/mol. The van der Waals surface area contributed by atoms with Gasteiger partial charge in [0.2, 0.25) is 5.91 Å². The fourth-order valence-corrected chi connectivity index (χ4v) is 3.22. The van der Waals surface area contributed by atoms with Crippen molar-refractivity contribution in [1.29, 1.82) is 0 Å². The van der Waals surface area contributed by atoms with Gasteiger partial charge in [0.15, 0.2) is 6.10 Å². The number of aryl methyl sites for hydroxylation is 2. The fraction of sp³-hybridized carbons (Fsp3) is 0.333. The predicted octanol–water partition coefficient (Wildman–Crippen LogP) is 3.41. The first-order valence-electron chi connectivity index (χ1n) is 9.07. The third kappa shape index (κ3) is 6.81. The summed E-state index contributed by atoms with van der Waals surface area (Å²) >= 11 is 1.43. The van der Waals surface area contributed by atoms with Crippen molar-refractivity contribution in [3.05, 3.63) is 53.6 Å². The maximum Gasteiger partial charge on any atom is 0.279 e. The molecule has 0 unspecified atom stereocenters. The Balaban J connectivity index is 1.74. The zero-order valence-corrected chi connectivity index (χ0v) is 17.4. The molecule has 6 nitrogen and oxygen atoms in total. The van der Waals surface area contributed by atoms with E-state index in [1.54, 1.807) is 31.2 Å². The molecule has 2 rings (SSSR count). The smallest absolute Gasteiger partial charge is 0.279 e. The van der Waals surface area contributed by atoms with Crippen LogP contribution in [-0.4, -0.2) is 30.3 Å². The number of carbonyl (C=O) groups excluding carboxylic acids is 2. The molecular formula is C21H26N2O4S. The number of nitrogens with one attached hydrogen (secondary N) is 2. The van der Waals surface area contributed by atoms with Crippen molar-refractivity contribution in [2.24, 2.45) is 0 Å². The quantitative estimate of drug-likeness (QED) is 0.523. The topological polar surface area (TPSA) is 76.7 Å². The third-order valence-corrected chi connectivity index (χ3v) is 5.01. The molecule has 0 saturated heterocycles. The largest absolute Gasteiger partial charge is 0.494 e. The molecule has 0 fully saturated rings. The van der Waals surface area contributed by atoms with E-state index >= 15 is 0 Å². The number of rotatable bonds is 8. The number of hydrogen-bond donors (Lipinski definition) is 2. The molecule has 2 amide bonds. The summed E-state index contributed by atoms with van der Waals surface area (Å²) in [5.41, 5.74) is 7.11. The summed E-state index contributed by atoms with van der Waals surface area (Å²) in [7, 11) is 0. The van der Waals surface area contributed by atoms with Crippen LogP contribution in [-0.2, 0) is 9.59 Å². The molecule has 2 N–H and O–H groups in total. The maximum absolute atomic E-state index is 12.1. The van der Waals surface area contributed by atoms with Gasteiger partial charge in [0.05, 0.1) is 12.4 Å². The lowest BCUT2D eigenvalue weighted by atomic mass is 10.2. The van der Waals surface area contributed by atoms with Gasteiger partial charge in [-0.25, -0.2) is 0 Å².